The Balaban J connectivity index is 1.78. The van der Waals surface area contributed by atoms with Crippen molar-refractivity contribution >= 4 is 11.3 Å². The van der Waals surface area contributed by atoms with E-state index >= 15 is 0 Å². The molecule has 2 rings (SSSR count). The van der Waals surface area contributed by atoms with Gasteiger partial charge in [-0.1, -0.05) is 12.8 Å². The van der Waals surface area contributed by atoms with Crippen LogP contribution in [0.5, 0.6) is 0 Å². The Morgan fingerprint density at radius 2 is 2.36 bits per heavy atom. The molecular formula is C11H18N2S. The first-order valence-corrected chi connectivity index (χ1v) is 6.28. The Kier molecular flexibility index (Phi) is 3.19. The first-order chi connectivity index (χ1) is 6.75. The Morgan fingerprint density at radius 3 is 2.93 bits per heavy atom. The van der Waals surface area contributed by atoms with Gasteiger partial charge >= 0.3 is 0 Å². The predicted molar refractivity (Wildman–Crippen MR) is 60.5 cm³/mol. The summed E-state index contributed by atoms with van der Waals surface area (Å²) >= 11 is 1.73. The fraction of sp³-hybridized carbons (Fsp3) is 0.727. The van der Waals surface area contributed by atoms with Crippen LogP contribution in [0, 0.1) is 5.92 Å². The minimum Gasteiger partial charge on any atom is -0.307 e. The number of aromatic nitrogens is 1. The SMILES string of the molecule is CC(CC1CC1)NC(C)c1cncs1. The van der Waals surface area contributed by atoms with Gasteiger partial charge in [-0.05, 0) is 26.2 Å². The molecule has 78 valence electrons. The summed E-state index contributed by atoms with van der Waals surface area (Å²) in [5.74, 6) is 1.01. The molecule has 0 bridgehead atoms. The number of rotatable bonds is 5. The highest BCUT2D eigenvalue weighted by Crippen LogP contribution is 2.33. The highest BCUT2D eigenvalue weighted by Gasteiger charge is 2.24. The van der Waals surface area contributed by atoms with Crippen LogP contribution < -0.4 is 5.32 Å². The van der Waals surface area contributed by atoms with E-state index in [2.05, 4.69) is 24.1 Å². The average Bonchev–Trinajstić information content (AvgIpc) is 2.80. The minimum absolute atomic E-state index is 0.455. The fourth-order valence-electron chi connectivity index (χ4n) is 1.87. The maximum atomic E-state index is 4.10. The van der Waals surface area contributed by atoms with Crippen LogP contribution in [0.1, 0.15) is 44.0 Å². The Hall–Kier alpha value is -0.410. The highest BCUT2D eigenvalue weighted by atomic mass is 32.1. The van der Waals surface area contributed by atoms with E-state index < -0.39 is 0 Å². The molecular weight excluding hydrogens is 192 g/mol. The molecule has 0 radical (unpaired) electrons. The zero-order valence-electron chi connectivity index (χ0n) is 8.86. The molecule has 2 atom stereocenters. The van der Waals surface area contributed by atoms with Crippen LogP contribution >= 0.6 is 11.3 Å². The lowest BCUT2D eigenvalue weighted by Crippen LogP contribution is -2.28. The summed E-state index contributed by atoms with van der Waals surface area (Å²) in [6, 6.07) is 1.09. The van der Waals surface area contributed by atoms with Crippen molar-refractivity contribution in [2.75, 3.05) is 0 Å². The minimum atomic E-state index is 0.455. The zero-order valence-corrected chi connectivity index (χ0v) is 9.68. The molecule has 1 heterocycles. The number of hydrogen-bond donors (Lipinski definition) is 1. The Morgan fingerprint density at radius 1 is 1.57 bits per heavy atom. The van der Waals surface area contributed by atoms with Gasteiger partial charge in [0.15, 0.2) is 0 Å². The van der Waals surface area contributed by atoms with Gasteiger partial charge in [0, 0.05) is 23.2 Å². The number of nitrogens with one attached hydrogen (secondary N) is 1. The quantitative estimate of drug-likeness (QED) is 0.808. The summed E-state index contributed by atoms with van der Waals surface area (Å²) in [5, 5.41) is 3.62. The van der Waals surface area contributed by atoms with Gasteiger partial charge in [-0.2, -0.15) is 0 Å². The third kappa shape index (κ3) is 2.79. The van der Waals surface area contributed by atoms with Gasteiger partial charge in [0.25, 0.3) is 0 Å². The van der Waals surface area contributed by atoms with Crippen LogP contribution in [-0.2, 0) is 0 Å². The van der Waals surface area contributed by atoms with Gasteiger partial charge in [-0.3, -0.25) is 4.98 Å². The second-order valence-electron chi connectivity index (χ2n) is 4.37. The molecule has 3 heteroatoms. The van der Waals surface area contributed by atoms with Crippen molar-refractivity contribution in [3.05, 3.63) is 16.6 Å². The van der Waals surface area contributed by atoms with Gasteiger partial charge in [0.05, 0.1) is 5.51 Å². The number of nitrogens with zero attached hydrogens (tertiary/aromatic N) is 1. The van der Waals surface area contributed by atoms with Crippen molar-refractivity contribution in [1.82, 2.24) is 10.3 Å². The van der Waals surface area contributed by atoms with E-state index in [0.29, 0.717) is 12.1 Å². The summed E-state index contributed by atoms with van der Waals surface area (Å²) in [4.78, 5) is 5.44. The molecule has 1 aromatic rings. The molecule has 0 aromatic carbocycles. The van der Waals surface area contributed by atoms with Crippen molar-refractivity contribution in [3.8, 4) is 0 Å². The molecule has 2 nitrogen and oxygen atoms in total. The van der Waals surface area contributed by atoms with Gasteiger partial charge in [-0.15, -0.1) is 11.3 Å². The molecule has 14 heavy (non-hydrogen) atoms. The van der Waals surface area contributed by atoms with Crippen LogP contribution in [-0.4, -0.2) is 11.0 Å². The number of hydrogen-bond acceptors (Lipinski definition) is 3. The zero-order chi connectivity index (χ0) is 9.97. The van der Waals surface area contributed by atoms with E-state index in [-0.39, 0.29) is 0 Å². The standard InChI is InChI=1S/C11H18N2S/c1-8(5-10-3-4-10)13-9(2)11-6-12-7-14-11/h6-10,13H,3-5H2,1-2H3. The lowest BCUT2D eigenvalue weighted by Gasteiger charge is -2.18. The predicted octanol–water partition coefficient (Wildman–Crippen LogP) is 2.98. The molecule has 0 saturated heterocycles. The molecule has 1 fully saturated rings. The van der Waals surface area contributed by atoms with Crippen molar-refractivity contribution in [2.45, 2.75) is 45.2 Å². The third-order valence-corrected chi connectivity index (χ3v) is 3.75. The Bertz CT molecular complexity index is 267. The maximum absolute atomic E-state index is 4.10. The molecule has 0 aliphatic heterocycles. The number of thiazole rings is 1. The normalized spacial score (nSPS) is 20.7. The van der Waals surface area contributed by atoms with Gasteiger partial charge in [-0.25, -0.2) is 0 Å². The van der Waals surface area contributed by atoms with E-state index in [0.717, 1.165) is 5.92 Å². The first kappa shape index (κ1) is 10.1. The molecule has 1 saturated carbocycles. The summed E-state index contributed by atoms with van der Waals surface area (Å²) in [6.45, 7) is 4.51. The second kappa shape index (κ2) is 4.41. The van der Waals surface area contributed by atoms with E-state index in [1.54, 1.807) is 11.3 Å². The monoisotopic (exact) mass is 210 g/mol. The van der Waals surface area contributed by atoms with Crippen molar-refractivity contribution in [2.24, 2.45) is 5.92 Å². The first-order valence-electron chi connectivity index (χ1n) is 5.40. The van der Waals surface area contributed by atoms with E-state index in [1.165, 1.54) is 24.1 Å². The smallest absolute Gasteiger partial charge is 0.0794 e. The van der Waals surface area contributed by atoms with Crippen LogP contribution in [0.25, 0.3) is 0 Å². The summed E-state index contributed by atoms with van der Waals surface area (Å²) in [6.07, 6.45) is 6.19. The largest absolute Gasteiger partial charge is 0.307 e. The fourth-order valence-corrected chi connectivity index (χ4v) is 2.51. The van der Waals surface area contributed by atoms with E-state index in [4.69, 9.17) is 0 Å². The van der Waals surface area contributed by atoms with Gasteiger partial charge < -0.3 is 5.32 Å². The summed E-state index contributed by atoms with van der Waals surface area (Å²) in [5.41, 5.74) is 1.90. The van der Waals surface area contributed by atoms with Crippen molar-refractivity contribution < 1.29 is 0 Å². The summed E-state index contributed by atoms with van der Waals surface area (Å²) in [7, 11) is 0. The maximum Gasteiger partial charge on any atom is 0.0794 e. The van der Waals surface area contributed by atoms with E-state index in [9.17, 15) is 0 Å². The van der Waals surface area contributed by atoms with Crippen LogP contribution in [0.3, 0.4) is 0 Å². The molecule has 1 N–H and O–H groups in total. The van der Waals surface area contributed by atoms with Crippen molar-refractivity contribution in [1.29, 1.82) is 0 Å². The van der Waals surface area contributed by atoms with Gasteiger partial charge in [0.2, 0.25) is 0 Å². The highest BCUT2D eigenvalue weighted by molar-refractivity contribution is 7.09. The Labute approximate surface area is 89.8 Å². The lowest BCUT2D eigenvalue weighted by atomic mass is 10.1. The van der Waals surface area contributed by atoms with Crippen LogP contribution in [0.4, 0.5) is 0 Å². The molecule has 0 amide bonds. The second-order valence-corrected chi connectivity index (χ2v) is 5.29. The summed E-state index contributed by atoms with van der Waals surface area (Å²) < 4.78 is 0. The van der Waals surface area contributed by atoms with Gasteiger partial charge in [0.1, 0.15) is 0 Å². The molecule has 1 aliphatic rings. The lowest BCUT2D eigenvalue weighted by molar-refractivity contribution is 0.441. The topological polar surface area (TPSA) is 24.9 Å². The molecule has 2 unspecified atom stereocenters. The van der Waals surface area contributed by atoms with E-state index in [1.807, 2.05) is 11.7 Å². The van der Waals surface area contributed by atoms with Crippen LogP contribution in [0.2, 0.25) is 0 Å². The third-order valence-electron chi connectivity index (χ3n) is 2.80. The van der Waals surface area contributed by atoms with Crippen LogP contribution in [0.15, 0.2) is 11.7 Å². The molecule has 1 aliphatic carbocycles. The van der Waals surface area contributed by atoms with Crippen molar-refractivity contribution in [3.63, 3.8) is 0 Å². The molecule has 0 spiro atoms. The molecule has 1 aromatic heterocycles. The average molecular weight is 210 g/mol.